The van der Waals surface area contributed by atoms with Crippen LogP contribution < -0.4 is 5.32 Å². The summed E-state index contributed by atoms with van der Waals surface area (Å²) in [6.45, 7) is 5.17. The quantitative estimate of drug-likeness (QED) is 0.729. The zero-order chi connectivity index (χ0) is 14.7. The number of thiazole rings is 1. The van der Waals surface area contributed by atoms with Gasteiger partial charge in [-0.1, -0.05) is 19.1 Å². The largest absolute Gasteiger partial charge is 0.469 e. The maximum absolute atomic E-state index is 5.47. The fraction of sp³-hybridized carbons (Fsp3) is 0.353. The Bertz CT molecular complexity index is 683. The van der Waals surface area contributed by atoms with Crippen molar-refractivity contribution in [1.82, 2.24) is 10.3 Å². The molecule has 21 heavy (non-hydrogen) atoms. The van der Waals surface area contributed by atoms with Gasteiger partial charge in [-0.05, 0) is 38.1 Å². The zero-order valence-corrected chi connectivity index (χ0v) is 13.2. The SMILES string of the molecule is CCCNC(Cc1nc2ccccc2s1)c1coc(C)c1. The van der Waals surface area contributed by atoms with E-state index in [1.165, 1.54) is 15.3 Å². The third-order valence-corrected chi connectivity index (χ3v) is 4.57. The Morgan fingerprint density at radius 2 is 2.19 bits per heavy atom. The number of furan rings is 1. The normalized spacial score (nSPS) is 12.9. The van der Waals surface area contributed by atoms with Crippen LogP contribution >= 0.6 is 11.3 Å². The van der Waals surface area contributed by atoms with Crippen molar-refractivity contribution in [1.29, 1.82) is 0 Å². The van der Waals surface area contributed by atoms with Gasteiger partial charge in [-0.2, -0.15) is 0 Å². The zero-order valence-electron chi connectivity index (χ0n) is 12.4. The van der Waals surface area contributed by atoms with Gasteiger partial charge in [0.1, 0.15) is 5.76 Å². The number of benzene rings is 1. The van der Waals surface area contributed by atoms with Crippen LogP contribution in [0.15, 0.2) is 41.0 Å². The predicted molar refractivity (Wildman–Crippen MR) is 87.8 cm³/mol. The van der Waals surface area contributed by atoms with Crippen molar-refractivity contribution in [2.24, 2.45) is 0 Å². The molecular weight excluding hydrogens is 280 g/mol. The maximum Gasteiger partial charge on any atom is 0.101 e. The van der Waals surface area contributed by atoms with Gasteiger partial charge >= 0.3 is 0 Å². The molecule has 1 N–H and O–H groups in total. The summed E-state index contributed by atoms with van der Waals surface area (Å²) >= 11 is 1.78. The first-order valence-corrected chi connectivity index (χ1v) is 8.20. The van der Waals surface area contributed by atoms with Gasteiger partial charge in [0.25, 0.3) is 0 Å². The van der Waals surface area contributed by atoms with Crippen LogP contribution in [0.3, 0.4) is 0 Å². The van der Waals surface area contributed by atoms with E-state index in [9.17, 15) is 0 Å². The number of aromatic nitrogens is 1. The van der Waals surface area contributed by atoms with Crippen molar-refractivity contribution in [2.45, 2.75) is 32.7 Å². The summed E-state index contributed by atoms with van der Waals surface area (Å²) in [5, 5.41) is 4.77. The van der Waals surface area contributed by atoms with Crippen molar-refractivity contribution < 1.29 is 4.42 Å². The van der Waals surface area contributed by atoms with Crippen molar-refractivity contribution in [3.8, 4) is 0 Å². The van der Waals surface area contributed by atoms with Gasteiger partial charge in [-0.15, -0.1) is 11.3 Å². The molecule has 3 nitrogen and oxygen atoms in total. The lowest BCUT2D eigenvalue weighted by atomic mass is 10.1. The molecule has 0 spiro atoms. The van der Waals surface area contributed by atoms with Crippen LogP contribution in [0.4, 0.5) is 0 Å². The van der Waals surface area contributed by atoms with Gasteiger partial charge in [-0.3, -0.25) is 0 Å². The summed E-state index contributed by atoms with van der Waals surface area (Å²) in [4.78, 5) is 4.74. The van der Waals surface area contributed by atoms with Crippen LogP contribution in [0.25, 0.3) is 10.2 Å². The lowest BCUT2D eigenvalue weighted by Gasteiger charge is -2.15. The standard InChI is InChI=1S/C17H20N2OS/c1-3-8-18-15(13-9-12(2)20-11-13)10-17-19-14-6-4-5-7-16(14)21-17/h4-7,9,11,15,18H,3,8,10H2,1-2H3. The molecule has 0 bridgehead atoms. The molecule has 2 heterocycles. The lowest BCUT2D eigenvalue weighted by Crippen LogP contribution is -2.23. The Labute approximate surface area is 129 Å². The van der Waals surface area contributed by atoms with Crippen LogP contribution in [-0.2, 0) is 6.42 Å². The highest BCUT2D eigenvalue weighted by Crippen LogP contribution is 2.27. The molecule has 0 aliphatic rings. The summed E-state index contributed by atoms with van der Waals surface area (Å²) in [7, 11) is 0. The maximum atomic E-state index is 5.47. The van der Waals surface area contributed by atoms with E-state index in [1.807, 2.05) is 19.3 Å². The van der Waals surface area contributed by atoms with Crippen LogP contribution in [0.1, 0.15) is 35.7 Å². The molecule has 1 unspecified atom stereocenters. The van der Waals surface area contributed by atoms with Gasteiger partial charge < -0.3 is 9.73 Å². The molecule has 3 rings (SSSR count). The highest BCUT2D eigenvalue weighted by Gasteiger charge is 2.16. The molecule has 3 aromatic rings. The number of nitrogens with one attached hydrogen (secondary N) is 1. The Balaban J connectivity index is 1.83. The average Bonchev–Trinajstić information content (AvgIpc) is 3.08. The van der Waals surface area contributed by atoms with Crippen LogP contribution in [0.2, 0.25) is 0 Å². The van der Waals surface area contributed by atoms with Crippen molar-refractivity contribution in [2.75, 3.05) is 6.54 Å². The van der Waals surface area contributed by atoms with Gasteiger partial charge in [-0.25, -0.2) is 4.98 Å². The molecule has 1 atom stereocenters. The molecular formula is C17H20N2OS. The topological polar surface area (TPSA) is 38.1 Å². The summed E-state index contributed by atoms with van der Waals surface area (Å²) in [5.41, 5.74) is 2.30. The molecule has 0 saturated heterocycles. The minimum atomic E-state index is 0.267. The first-order chi connectivity index (χ1) is 10.3. The Morgan fingerprint density at radius 3 is 2.90 bits per heavy atom. The van der Waals surface area contributed by atoms with E-state index in [2.05, 4.69) is 36.5 Å². The highest BCUT2D eigenvalue weighted by molar-refractivity contribution is 7.18. The number of fused-ring (bicyclic) bond motifs is 1. The second-order valence-corrected chi connectivity index (χ2v) is 6.39. The van der Waals surface area contributed by atoms with Gasteiger partial charge in [0.2, 0.25) is 0 Å². The molecule has 1 aromatic carbocycles. The minimum absolute atomic E-state index is 0.267. The molecule has 0 fully saturated rings. The van der Waals surface area contributed by atoms with E-state index in [4.69, 9.17) is 9.40 Å². The monoisotopic (exact) mass is 300 g/mol. The smallest absolute Gasteiger partial charge is 0.101 e. The van der Waals surface area contributed by atoms with Gasteiger partial charge in [0, 0.05) is 18.0 Å². The number of para-hydroxylation sites is 1. The molecule has 2 aromatic heterocycles. The average molecular weight is 300 g/mol. The summed E-state index contributed by atoms with van der Waals surface area (Å²) < 4.78 is 6.72. The lowest BCUT2D eigenvalue weighted by molar-refractivity contribution is 0.503. The van der Waals surface area contributed by atoms with Crippen molar-refractivity contribution in [3.63, 3.8) is 0 Å². The third-order valence-electron chi connectivity index (χ3n) is 3.51. The van der Waals surface area contributed by atoms with Crippen LogP contribution in [-0.4, -0.2) is 11.5 Å². The molecule has 110 valence electrons. The number of rotatable bonds is 6. The van der Waals surface area contributed by atoms with Crippen molar-refractivity contribution in [3.05, 3.63) is 52.9 Å². The Kier molecular flexibility index (Phi) is 4.36. The van der Waals surface area contributed by atoms with Crippen LogP contribution in [0, 0.1) is 6.92 Å². The number of nitrogens with zero attached hydrogens (tertiary/aromatic N) is 1. The third kappa shape index (κ3) is 3.34. The first kappa shape index (κ1) is 14.3. The Morgan fingerprint density at radius 1 is 1.33 bits per heavy atom. The summed E-state index contributed by atoms with van der Waals surface area (Å²) in [6, 6.07) is 10.7. The van der Waals surface area contributed by atoms with E-state index in [-0.39, 0.29) is 6.04 Å². The summed E-state index contributed by atoms with van der Waals surface area (Å²) in [6.07, 6.45) is 3.88. The first-order valence-electron chi connectivity index (χ1n) is 7.39. The van der Waals surface area contributed by atoms with Crippen molar-refractivity contribution >= 4 is 21.6 Å². The molecule has 0 aliphatic heterocycles. The fourth-order valence-electron chi connectivity index (χ4n) is 2.45. The second-order valence-electron chi connectivity index (χ2n) is 5.28. The van der Waals surface area contributed by atoms with E-state index in [0.29, 0.717) is 0 Å². The van der Waals surface area contributed by atoms with E-state index in [1.54, 1.807) is 11.3 Å². The van der Waals surface area contributed by atoms with Crippen LogP contribution in [0.5, 0.6) is 0 Å². The minimum Gasteiger partial charge on any atom is -0.469 e. The fourth-order valence-corrected chi connectivity index (χ4v) is 3.47. The highest BCUT2D eigenvalue weighted by atomic mass is 32.1. The molecule has 0 saturated carbocycles. The van der Waals surface area contributed by atoms with E-state index in [0.717, 1.165) is 30.7 Å². The molecule has 0 amide bonds. The van der Waals surface area contributed by atoms with E-state index < -0.39 is 0 Å². The number of hydrogen-bond acceptors (Lipinski definition) is 4. The van der Waals surface area contributed by atoms with E-state index >= 15 is 0 Å². The molecule has 4 heteroatoms. The number of aryl methyl sites for hydroxylation is 1. The Hall–Kier alpha value is -1.65. The van der Waals surface area contributed by atoms with Gasteiger partial charge in [0.15, 0.2) is 0 Å². The molecule has 0 aliphatic carbocycles. The second kappa shape index (κ2) is 6.41. The summed E-state index contributed by atoms with van der Waals surface area (Å²) in [5.74, 6) is 0.956. The molecule has 0 radical (unpaired) electrons. The number of hydrogen-bond donors (Lipinski definition) is 1. The predicted octanol–water partition coefficient (Wildman–Crippen LogP) is 4.48. The van der Waals surface area contributed by atoms with Gasteiger partial charge in [0.05, 0.1) is 21.5 Å².